The second-order valence-electron chi connectivity index (χ2n) is 7.03. The molecule has 10 nitrogen and oxygen atoms in total. The summed E-state index contributed by atoms with van der Waals surface area (Å²) in [7, 11) is -1.64. The van der Waals surface area contributed by atoms with E-state index < -0.39 is 53.6 Å². The number of carbonyl (C=O) groups excluding carboxylic acids is 1. The number of ether oxygens (including phenoxy) is 2. The number of aromatic nitrogens is 2. The zero-order valence-corrected chi connectivity index (χ0v) is 18.8. The van der Waals surface area contributed by atoms with Crippen LogP contribution in [0.4, 0.5) is 0 Å². The zero-order chi connectivity index (χ0) is 21.9. The highest BCUT2D eigenvalue weighted by atomic mass is 35.5. The molecule has 1 fully saturated rings. The minimum atomic E-state index is -1.64. The molecule has 29 heavy (non-hydrogen) atoms. The Balaban J connectivity index is 2.00. The summed E-state index contributed by atoms with van der Waals surface area (Å²) in [6.45, 7) is 6.48. The summed E-state index contributed by atoms with van der Waals surface area (Å²) in [4.78, 5) is 35.9. The number of hydrogen-bond donors (Lipinski definition) is 3. The van der Waals surface area contributed by atoms with E-state index in [9.17, 15) is 19.5 Å². The summed E-state index contributed by atoms with van der Waals surface area (Å²) in [5.41, 5.74) is -1.28. The molecule has 1 aromatic rings. The van der Waals surface area contributed by atoms with Gasteiger partial charge in [0, 0.05) is 12.3 Å². The lowest BCUT2D eigenvalue weighted by Gasteiger charge is -2.26. The maximum Gasteiger partial charge on any atom is 0.440 e. The van der Waals surface area contributed by atoms with Gasteiger partial charge in [0.1, 0.15) is 29.7 Å². The lowest BCUT2D eigenvalue weighted by Crippen LogP contribution is -2.43. The van der Waals surface area contributed by atoms with E-state index in [1.807, 2.05) is 0 Å². The van der Waals surface area contributed by atoms with E-state index in [2.05, 4.69) is 10.1 Å². The van der Waals surface area contributed by atoms with E-state index in [4.69, 9.17) is 37.4 Å². The predicted octanol–water partition coefficient (Wildman–Crippen LogP) is 0.512. The van der Waals surface area contributed by atoms with Crippen LogP contribution in [0.1, 0.15) is 33.9 Å². The number of aromatic amines is 1. The van der Waals surface area contributed by atoms with E-state index >= 15 is 0 Å². The fourth-order valence-electron chi connectivity index (χ4n) is 2.69. The molecule has 1 saturated heterocycles. The second kappa shape index (κ2) is 9.74. The zero-order valence-electron chi connectivity index (χ0n) is 16.3. The Hall–Kier alpha value is -1.20. The Morgan fingerprint density at radius 3 is 2.76 bits per heavy atom. The van der Waals surface area contributed by atoms with Crippen LogP contribution in [-0.4, -0.2) is 56.5 Å². The van der Waals surface area contributed by atoms with Gasteiger partial charge in [-0.2, -0.15) is 0 Å². The fraction of sp³-hybridized carbons (Fsp3) is 0.688. The van der Waals surface area contributed by atoms with Crippen molar-refractivity contribution in [3.8, 4) is 0 Å². The number of carbonyl (C=O) groups is 1. The molecule has 0 aliphatic carbocycles. The average Bonchev–Trinajstić information content (AvgIpc) is 2.82. The van der Waals surface area contributed by atoms with Crippen LogP contribution in [0.3, 0.4) is 0 Å². The van der Waals surface area contributed by atoms with Gasteiger partial charge in [0.2, 0.25) is 11.8 Å². The van der Waals surface area contributed by atoms with Crippen LogP contribution in [0.25, 0.3) is 0 Å². The molecule has 2 rings (SSSR count). The first-order valence-electron chi connectivity index (χ1n) is 8.84. The molecule has 3 N–H and O–H groups in total. The van der Waals surface area contributed by atoms with Crippen molar-refractivity contribution in [1.82, 2.24) is 14.6 Å². The van der Waals surface area contributed by atoms with Gasteiger partial charge in [-0.25, -0.2) is 4.79 Å². The largest absolute Gasteiger partial charge is 0.462 e. The van der Waals surface area contributed by atoms with Gasteiger partial charge in [-0.05, 0) is 27.7 Å². The van der Waals surface area contributed by atoms with Crippen molar-refractivity contribution in [2.45, 2.75) is 63.2 Å². The van der Waals surface area contributed by atoms with Gasteiger partial charge in [-0.3, -0.25) is 19.1 Å². The minimum absolute atomic E-state index is 0.119. The Bertz CT molecular complexity index is 875. The third-order valence-electron chi connectivity index (χ3n) is 4.18. The number of aliphatic hydroxyl groups is 1. The maximum atomic E-state index is 12.0. The molecule has 0 radical (unpaired) electrons. The van der Waals surface area contributed by atoms with Crippen molar-refractivity contribution in [2.24, 2.45) is 0 Å². The maximum absolute atomic E-state index is 12.0. The first-order chi connectivity index (χ1) is 13.4. The van der Waals surface area contributed by atoms with Gasteiger partial charge in [0.05, 0.1) is 6.10 Å². The summed E-state index contributed by atoms with van der Waals surface area (Å²) in [5.74, 6) is -0.455. The number of nitrogens with one attached hydrogen (secondary N) is 2. The third kappa shape index (κ3) is 5.91. The van der Waals surface area contributed by atoms with Crippen LogP contribution in [0.5, 0.6) is 0 Å². The molecular weight excluding hydrogens is 445 g/mol. The standard InChI is InChI=1S/C16H23ClN3O7PS/c1-8(2)26-13(23)9(3)19-28(29)25-7-10-12(22)16(4,17)14(27-10)20-6-5-11(21)18-15(20)24/h5-6,8-10,12,14,22H,7H2,1-4H3,(H-,18,19,21,24,29)/p+1. The Kier molecular flexibility index (Phi) is 8.08. The molecule has 6 unspecified atom stereocenters. The molecule has 0 amide bonds. The van der Waals surface area contributed by atoms with Crippen LogP contribution in [0.2, 0.25) is 0 Å². The smallest absolute Gasteiger partial charge is 0.440 e. The van der Waals surface area contributed by atoms with Crippen molar-refractivity contribution in [3.05, 3.63) is 33.1 Å². The normalized spacial score (nSPS) is 28.4. The highest BCUT2D eigenvalue weighted by Gasteiger charge is 2.54. The SMILES string of the molecule is CC(C)OC(=O)C(C)N[P+](=S)OCC1OC(n2ccc(=O)[nH]c2=O)C(C)(Cl)C1O. The van der Waals surface area contributed by atoms with Gasteiger partial charge in [0.25, 0.3) is 5.56 Å². The number of alkyl halides is 1. The number of nitrogens with zero attached hydrogens (tertiary/aromatic N) is 1. The molecule has 0 bridgehead atoms. The molecule has 1 aliphatic heterocycles. The summed E-state index contributed by atoms with van der Waals surface area (Å²) in [6, 6.07) is 0.485. The minimum Gasteiger partial charge on any atom is -0.462 e. The first kappa shape index (κ1) is 24.1. The molecule has 13 heteroatoms. The molecule has 0 aromatic carbocycles. The molecule has 1 aromatic heterocycles. The average molecular weight is 469 g/mol. The molecule has 0 spiro atoms. The highest BCUT2D eigenvalue weighted by molar-refractivity contribution is 8.02. The lowest BCUT2D eigenvalue weighted by atomic mass is 10.0. The van der Waals surface area contributed by atoms with Crippen molar-refractivity contribution in [2.75, 3.05) is 6.61 Å². The van der Waals surface area contributed by atoms with Gasteiger partial charge in [0.15, 0.2) is 6.23 Å². The molecule has 0 saturated carbocycles. The summed E-state index contributed by atoms with van der Waals surface area (Å²) in [6.07, 6.45) is -2.11. The van der Waals surface area contributed by atoms with Crippen molar-refractivity contribution in [3.63, 3.8) is 0 Å². The second-order valence-corrected chi connectivity index (χ2v) is 9.87. The number of aliphatic hydroxyl groups excluding tert-OH is 1. The molecule has 2 heterocycles. The molecular formula is C16H24ClN3O7PS+. The van der Waals surface area contributed by atoms with E-state index in [1.165, 1.54) is 13.1 Å². The number of rotatable bonds is 8. The van der Waals surface area contributed by atoms with E-state index in [1.54, 1.807) is 20.8 Å². The Labute approximate surface area is 178 Å². The van der Waals surface area contributed by atoms with E-state index in [0.717, 1.165) is 10.6 Å². The first-order valence-corrected chi connectivity index (χ1v) is 11.5. The molecule has 1 aliphatic rings. The molecule has 6 atom stereocenters. The fourth-order valence-corrected chi connectivity index (χ4v) is 4.42. The van der Waals surface area contributed by atoms with Crippen molar-refractivity contribution >= 4 is 36.5 Å². The summed E-state index contributed by atoms with van der Waals surface area (Å²) in [5, 5.41) is 13.4. The van der Waals surface area contributed by atoms with E-state index in [-0.39, 0.29) is 12.7 Å². The van der Waals surface area contributed by atoms with Crippen LogP contribution in [0.15, 0.2) is 21.9 Å². The number of H-pyrrole nitrogens is 1. The van der Waals surface area contributed by atoms with Crippen molar-refractivity contribution in [1.29, 1.82) is 0 Å². The monoisotopic (exact) mass is 468 g/mol. The quantitative estimate of drug-likeness (QED) is 0.283. The van der Waals surface area contributed by atoms with Gasteiger partial charge >= 0.3 is 18.7 Å². The number of hydrogen-bond acceptors (Lipinski definition) is 8. The Morgan fingerprint density at radius 2 is 2.17 bits per heavy atom. The van der Waals surface area contributed by atoms with Gasteiger partial charge in [-0.1, -0.05) is 5.09 Å². The topological polar surface area (TPSA) is 132 Å². The van der Waals surface area contributed by atoms with Crippen LogP contribution in [-0.2, 0) is 30.6 Å². The number of esters is 1. The van der Waals surface area contributed by atoms with Crippen LogP contribution < -0.4 is 16.3 Å². The highest BCUT2D eigenvalue weighted by Crippen LogP contribution is 2.43. The van der Waals surface area contributed by atoms with E-state index in [0.29, 0.717) is 0 Å². The van der Waals surface area contributed by atoms with Gasteiger partial charge in [-0.15, -0.1) is 16.1 Å². The third-order valence-corrected chi connectivity index (χ3v) is 6.21. The summed E-state index contributed by atoms with van der Waals surface area (Å²) >= 11 is 11.6. The van der Waals surface area contributed by atoms with Crippen LogP contribution >= 0.6 is 18.7 Å². The van der Waals surface area contributed by atoms with Crippen LogP contribution in [0, 0.1) is 0 Å². The predicted molar refractivity (Wildman–Crippen MR) is 110 cm³/mol. The molecule has 162 valence electrons. The van der Waals surface area contributed by atoms with Gasteiger partial charge < -0.3 is 14.6 Å². The number of halogens is 1. The summed E-state index contributed by atoms with van der Waals surface area (Å²) < 4.78 is 17.4. The van der Waals surface area contributed by atoms with Crippen molar-refractivity contribution < 1.29 is 23.9 Å². The lowest BCUT2D eigenvalue weighted by molar-refractivity contribution is -0.148. The Morgan fingerprint density at radius 1 is 1.52 bits per heavy atom.